The van der Waals surface area contributed by atoms with Crippen LogP contribution in [0.2, 0.25) is 0 Å². The maximum absolute atomic E-state index is 7.50. The molecule has 0 atom stereocenters. The second-order valence-corrected chi connectivity index (χ2v) is 0.408. The molecule has 0 aromatic heterocycles. The van der Waals surface area contributed by atoms with Crippen molar-refractivity contribution in [1.29, 1.82) is 0 Å². The Kier molecular flexibility index (Phi) is 3290. The second kappa shape index (κ2) is 780. The standard InChI is InChI=1S/C2H6O.CH4O.CO.2CH4.4H2/c1-3-2;2*1-2;;;;;;/h1-2H3;2H,1H3;;2*1H4;4*1H. The molecule has 0 rings (SSSR count). The van der Waals surface area contributed by atoms with Gasteiger partial charge in [0.1, 0.15) is 0 Å². The van der Waals surface area contributed by atoms with E-state index < -0.39 is 0 Å². The fourth-order valence-electron chi connectivity index (χ4n) is 0. The van der Waals surface area contributed by atoms with Crippen molar-refractivity contribution < 1.29 is 20.2 Å². The molecule has 0 unspecified atom stereocenters. The first kappa shape index (κ1) is 37.9. The molecule has 0 heterocycles. The summed E-state index contributed by atoms with van der Waals surface area (Å²) in [5, 5.41) is 7.00. The molecule has 0 saturated carbocycles. The zero-order chi connectivity index (χ0) is 6.71. The van der Waals surface area contributed by atoms with Gasteiger partial charge in [0.25, 0.3) is 0 Å². The number of hydrogen-bond acceptors (Lipinski definition) is 2. The molecule has 0 aliphatic carbocycles. The van der Waals surface area contributed by atoms with Crippen molar-refractivity contribution in [2.45, 2.75) is 14.9 Å². The van der Waals surface area contributed by atoms with Crippen LogP contribution in [0.1, 0.15) is 20.6 Å². The molecule has 0 aromatic carbocycles. The monoisotopic (exact) mass is 146 g/mol. The van der Waals surface area contributed by atoms with Crippen LogP contribution in [0.15, 0.2) is 0 Å². The summed E-state index contributed by atoms with van der Waals surface area (Å²) < 4.78 is 11.8. The average Bonchev–Trinajstić information content (AvgIpc) is 1.78. The number of methoxy groups -OCH3 is 1. The van der Waals surface area contributed by atoms with Gasteiger partial charge < -0.3 is 9.84 Å². The average molecular weight is 146 g/mol. The fourth-order valence-corrected chi connectivity index (χ4v) is 0. The quantitative estimate of drug-likeness (QED) is 0.420. The summed E-state index contributed by atoms with van der Waals surface area (Å²) in [6.07, 6.45) is 0. The third-order valence-corrected chi connectivity index (χ3v) is 0. The number of hydrogen-bond donors (Lipinski definition) is 1. The van der Waals surface area contributed by atoms with Crippen molar-refractivity contribution in [1.82, 2.24) is 0 Å². The number of aliphatic hydroxyl groups is 1. The molecular weight excluding hydrogens is 120 g/mol. The van der Waals surface area contributed by atoms with Crippen LogP contribution in [-0.2, 0) is 9.39 Å². The molecular formula is C6H26O3. The number of aliphatic hydroxyl groups excluding tert-OH is 1. The SMILES string of the molecule is C.C.CO.COC.[C-]#[O+].[HH].[HH].[HH].[HH]. The summed E-state index contributed by atoms with van der Waals surface area (Å²) >= 11 is 0. The Labute approximate surface area is 64.3 Å². The largest absolute Gasteiger partial charge is 0 e. The van der Waals surface area contributed by atoms with E-state index in [4.69, 9.17) is 9.76 Å². The van der Waals surface area contributed by atoms with Crippen molar-refractivity contribution in [2.24, 2.45) is 0 Å². The van der Waals surface area contributed by atoms with E-state index in [1.54, 1.807) is 14.2 Å². The van der Waals surface area contributed by atoms with E-state index in [0.29, 0.717) is 0 Å². The van der Waals surface area contributed by atoms with Gasteiger partial charge in [-0.15, -0.1) is 0 Å². The van der Waals surface area contributed by atoms with Gasteiger partial charge in [-0.25, -0.2) is 0 Å². The van der Waals surface area contributed by atoms with Gasteiger partial charge in [-0.2, -0.15) is 0 Å². The van der Waals surface area contributed by atoms with Gasteiger partial charge in [0.2, 0.25) is 0 Å². The zero-order valence-electron chi connectivity index (χ0n) is 4.76. The summed E-state index contributed by atoms with van der Waals surface area (Å²) in [5.74, 6) is 0. The van der Waals surface area contributed by atoms with Crippen LogP contribution in [0.5, 0.6) is 0 Å². The summed E-state index contributed by atoms with van der Waals surface area (Å²) in [4.78, 5) is 0. The first-order valence-corrected chi connectivity index (χ1v) is 1.47. The fraction of sp³-hybridized carbons (Fsp3) is 0.833. The Morgan fingerprint density at radius 3 is 1.22 bits per heavy atom. The molecule has 68 valence electrons. The Balaban J connectivity index is -0.00000000218. The second-order valence-electron chi connectivity index (χ2n) is 0.408. The van der Waals surface area contributed by atoms with E-state index in [9.17, 15) is 0 Å². The van der Waals surface area contributed by atoms with Crippen molar-refractivity contribution in [3.05, 3.63) is 6.65 Å². The predicted octanol–water partition coefficient (Wildman–Crippen LogP) is 2.09. The van der Waals surface area contributed by atoms with Crippen molar-refractivity contribution >= 4 is 0 Å². The van der Waals surface area contributed by atoms with E-state index in [1.165, 1.54) is 0 Å². The van der Waals surface area contributed by atoms with Crippen LogP contribution in [0, 0.1) is 6.65 Å². The van der Waals surface area contributed by atoms with E-state index in [0.717, 1.165) is 7.11 Å². The van der Waals surface area contributed by atoms with Gasteiger partial charge in [0.05, 0.1) is 0 Å². The van der Waals surface area contributed by atoms with Gasteiger partial charge >= 0.3 is 11.3 Å². The first-order chi connectivity index (χ1) is 3.41. The molecule has 0 aliphatic rings. The van der Waals surface area contributed by atoms with Crippen LogP contribution in [-0.4, -0.2) is 26.4 Å². The van der Waals surface area contributed by atoms with Crippen molar-refractivity contribution in [2.75, 3.05) is 21.3 Å². The predicted molar refractivity (Wildman–Crippen MR) is 46.9 cm³/mol. The molecule has 0 bridgehead atoms. The topological polar surface area (TPSA) is 49.4 Å². The van der Waals surface area contributed by atoms with Gasteiger partial charge in [-0.05, 0) is 0 Å². The molecule has 1 N–H and O–H groups in total. The number of ether oxygens (including phenoxy) is 1. The van der Waals surface area contributed by atoms with Gasteiger partial charge in [0, 0.05) is 27.0 Å². The maximum atomic E-state index is 7.50. The maximum Gasteiger partial charge on any atom is 0 e. The zero-order valence-corrected chi connectivity index (χ0v) is 4.76. The Hall–Kier alpha value is -0.340. The first-order valence-electron chi connectivity index (χ1n) is 1.47. The molecule has 0 aromatic rings. The molecule has 0 aliphatic heterocycles. The molecule has 0 amide bonds. The van der Waals surface area contributed by atoms with E-state index in [1.807, 2.05) is 0 Å². The van der Waals surface area contributed by atoms with E-state index >= 15 is 0 Å². The molecule has 0 fully saturated rings. The van der Waals surface area contributed by atoms with Crippen molar-refractivity contribution in [3.63, 3.8) is 0 Å². The van der Waals surface area contributed by atoms with Gasteiger partial charge in [0.15, 0.2) is 0 Å². The molecule has 0 radical (unpaired) electrons. The molecule has 0 spiro atoms. The third-order valence-electron chi connectivity index (χ3n) is 0. The summed E-state index contributed by atoms with van der Waals surface area (Å²) in [5.41, 5.74) is 0. The van der Waals surface area contributed by atoms with Crippen LogP contribution < -0.4 is 0 Å². The summed E-state index contributed by atoms with van der Waals surface area (Å²) in [7, 11) is 4.25. The Bertz CT molecular complexity index is 31.1. The smallest absolute Gasteiger partial charge is 0 e. The van der Waals surface area contributed by atoms with Gasteiger partial charge in [-0.3, -0.25) is 0 Å². The van der Waals surface area contributed by atoms with Crippen LogP contribution in [0.4, 0.5) is 0 Å². The number of rotatable bonds is 0. The van der Waals surface area contributed by atoms with Crippen LogP contribution in [0.25, 0.3) is 0 Å². The third kappa shape index (κ3) is 2120. The van der Waals surface area contributed by atoms with Gasteiger partial charge in [-0.1, -0.05) is 14.9 Å². The minimum atomic E-state index is 0. The minimum absolute atomic E-state index is 0. The van der Waals surface area contributed by atoms with E-state index in [2.05, 4.69) is 11.4 Å². The normalized spacial score (nSPS) is 2.89. The minimum Gasteiger partial charge on any atom is 0 e. The van der Waals surface area contributed by atoms with E-state index in [-0.39, 0.29) is 20.6 Å². The van der Waals surface area contributed by atoms with Crippen molar-refractivity contribution in [3.8, 4) is 0 Å². The Morgan fingerprint density at radius 2 is 1.22 bits per heavy atom. The molecule has 3 nitrogen and oxygen atoms in total. The van der Waals surface area contributed by atoms with Crippen LogP contribution >= 0.6 is 0 Å². The molecule has 3 heteroatoms. The Morgan fingerprint density at radius 1 is 1.22 bits per heavy atom. The summed E-state index contributed by atoms with van der Waals surface area (Å²) in [6.45, 7) is 4.50. The van der Waals surface area contributed by atoms with Crippen LogP contribution in [0.3, 0.4) is 0 Å². The summed E-state index contributed by atoms with van der Waals surface area (Å²) in [6, 6.07) is 0. The molecule has 0 saturated heterocycles. The molecule has 9 heavy (non-hydrogen) atoms.